The van der Waals surface area contributed by atoms with Crippen LogP contribution in [0, 0.1) is 0 Å². The fourth-order valence-corrected chi connectivity index (χ4v) is 2.74. The number of hydrogen-bond donors (Lipinski definition) is 2. The third kappa shape index (κ3) is 2.65. The van der Waals surface area contributed by atoms with Crippen LogP contribution < -0.4 is 5.73 Å². The average Bonchev–Trinajstić information content (AvgIpc) is 2.52. The number of nitrogen functional groups attached to an aromatic ring is 1. The second kappa shape index (κ2) is 5.24. The van der Waals surface area contributed by atoms with Gasteiger partial charge < -0.3 is 15.7 Å². The Kier molecular flexibility index (Phi) is 3.88. The highest BCUT2D eigenvalue weighted by Gasteiger charge is 2.34. The summed E-state index contributed by atoms with van der Waals surface area (Å²) in [6.07, 6.45) is 4.13. The smallest absolute Gasteiger partial charge is 0.129 e. The summed E-state index contributed by atoms with van der Waals surface area (Å²) in [7, 11) is 0. The summed E-state index contributed by atoms with van der Waals surface area (Å²) in [6, 6.07) is 4.26. The van der Waals surface area contributed by atoms with Crippen LogP contribution >= 0.6 is 0 Å². The Morgan fingerprint density at radius 1 is 1.39 bits per heavy atom. The predicted molar refractivity (Wildman–Crippen MR) is 73.1 cm³/mol. The summed E-state index contributed by atoms with van der Waals surface area (Å²) in [5.41, 5.74) is 5.87. The van der Waals surface area contributed by atoms with Crippen molar-refractivity contribution in [2.45, 2.75) is 44.8 Å². The van der Waals surface area contributed by atoms with Gasteiger partial charge in [0.1, 0.15) is 5.82 Å². The van der Waals surface area contributed by atoms with Crippen LogP contribution in [0.5, 0.6) is 0 Å². The van der Waals surface area contributed by atoms with Gasteiger partial charge in [0.05, 0.1) is 5.60 Å². The normalized spacial score (nSPS) is 26.2. The van der Waals surface area contributed by atoms with Crippen LogP contribution in [0.3, 0.4) is 0 Å². The SMILES string of the molecule is CC(C)N1CCCC(O)(c2cccnc2N)CC1. The highest BCUT2D eigenvalue weighted by molar-refractivity contribution is 5.42. The Morgan fingerprint density at radius 2 is 2.17 bits per heavy atom. The molecule has 0 aromatic carbocycles. The molecule has 0 aliphatic carbocycles. The monoisotopic (exact) mass is 249 g/mol. The lowest BCUT2D eigenvalue weighted by Gasteiger charge is -2.29. The van der Waals surface area contributed by atoms with Gasteiger partial charge in [-0.05, 0) is 45.7 Å². The Morgan fingerprint density at radius 3 is 2.83 bits per heavy atom. The minimum Gasteiger partial charge on any atom is -0.385 e. The number of aromatic nitrogens is 1. The summed E-state index contributed by atoms with van der Waals surface area (Å²) in [5.74, 6) is 0.456. The van der Waals surface area contributed by atoms with Gasteiger partial charge in [-0.1, -0.05) is 6.07 Å². The third-order valence-electron chi connectivity index (χ3n) is 3.92. The van der Waals surface area contributed by atoms with E-state index in [0.29, 0.717) is 11.9 Å². The first-order chi connectivity index (χ1) is 8.53. The number of anilines is 1. The molecule has 1 aliphatic heterocycles. The number of likely N-dealkylation sites (tertiary alicyclic amines) is 1. The molecule has 1 aromatic heterocycles. The molecule has 1 atom stereocenters. The van der Waals surface area contributed by atoms with E-state index in [2.05, 4.69) is 23.7 Å². The maximum atomic E-state index is 10.9. The highest BCUT2D eigenvalue weighted by atomic mass is 16.3. The zero-order valence-corrected chi connectivity index (χ0v) is 11.3. The first kappa shape index (κ1) is 13.3. The van der Waals surface area contributed by atoms with Gasteiger partial charge in [0.25, 0.3) is 0 Å². The second-order valence-corrected chi connectivity index (χ2v) is 5.45. The van der Waals surface area contributed by atoms with Crippen LogP contribution in [-0.4, -0.2) is 34.1 Å². The number of pyridine rings is 1. The van der Waals surface area contributed by atoms with E-state index in [4.69, 9.17) is 5.73 Å². The molecule has 0 bridgehead atoms. The van der Waals surface area contributed by atoms with Gasteiger partial charge in [-0.2, -0.15) is 0 Å². The van der Waals surface area contributed by atoms with Gasteiger partial charge in [-0.3, -0.25) is 0 Å². The van der Waals surface area contributed by atoms with Crippen molar-refractivity contribution in [3.8, 4) is 0 Å². The van der Waals surface area contributed by atoms with E-state index in [9.17, 15) is 5.11 Å². The van der Waals surface area contributed by atoms with Gasteiger partial charge >= 0.3 is 0 Å². The van der Waals surface area contributed by atoms with E-state index in [1.165, 1.54) is 0 Å². The first-order valence-corrected chi connectivity index (χ1v) is 6.70. The summed E-state index contributed by atoms with van der Waals surface area (Å²) < 4.78 is 0. The topological polar surface area (TPSA) is 62.4 Å². The first-order valence-electron chi connectivity index (χ1n) is 6.70. The van der Waals surface area contributed by atoms with Gasteiger partial charge in [0.15, 0.2) is 0 Å². The molecule has 1 aromatic rings. The largest absolute Gasteiger partial charge is 0.385 e. The van der Waals surface area contributed by atoms with Crippen molar-refractivity contribution in [3.63, 3.8) is 0 Å². The quantitative estimate of drug-likeness (QED) is 0.838. The van der Waals surface area contributed by atoms with Crippen molar-refractivity contribution in [1.29, 1.82) is 0 Å². The number of nitrogens with two attached hydrogens (primary N) is 1. The molecule has 1 unspecified atom stereocenters. The van der Waals surface area contributed by atoms with Crippen LogP contribution in [0.4, 0.5) is 5.82 Å². The standard InChI is InChI=1S/C14H23N3O/c1-11(2)17-9-4-6-14(18,7-10-17)12-5-3-8-16-13(12)15/h3,5,8,11,18H,4,6-7,9-10H2,1-2H3,(H2,15,16). The number of nitrogens with zero attached hydrogens (tertiary/aromatic N) is 2. The third-order valence-corrected chi connectivity index (χ3v) is 3.92. The predicted octanol–water partition coefficient (Wildman–Crippen LogP) is 1.75. The van der Waals surface area contributed by atoms with Gasteiger partial charge in [0.2, 0.25) is 0 Å². The van der Waals surface area contributed by atoms with Crippen LogP contribution in [0.1, 0.15) is 38.7 Å². The molecular weight excluding hydrogens is 226 g/mol. The molecule has 4 nitrogen and oxygen atoms in total. The molecular formula is C14H23N3O. The Bertz CT molecular complexity index is 408. The van der Waals surface area contributed by atoms with E-state index in [-0.39, 0.29) is 0 Å². The van der Waals surface area contributed by atoms with Crippen molar-refractivity contribution in [3.05, 3.63) is 23.9 Å². The van der Waals surface area contributed by atoms with Crippen molar-refractivity contribution in [2.24, 2.45) is 0 Å². The number of rotatable bonds is 2. The molecule has 1 saturated heterocycles. The molecule has 0 spiro atoms. The van der Waals surface area contributed by atoms with Gasteiger partial charge in [-0.25, -0.2) is 4.98 Å². The van der Waals surface area contributed by atoms with E-state index >= 15 is 0 Å². The number of aliphatic hydroxyl groups is 1. The van der Waals surface area contributed by atoms with Crippen LogP contribution in [0.2, 0.25) is 0 Å². The van der Waals surface area contributed by atoms with Crippen LogP contribution in [0.15, 0.2) is 18.3 Å². The Labute approximate surface area is 109 Å². The fourth-order valence-electron chi connectivity index (χ4n) is 2.74. The lowest BCUT2D eigenvalue weighted by atomic mass is 9.87. The number of hydrogen-bond acceptors (Lipinski definition) is 4. The average molecular weight is 249 g/mol. The van der Waals surface area contributed by atoms with Crippen molar-refractivity contribution < 1.29 is 5.11 Å². The maximum Gasteiger partial charge on any atom is 0.129 e. The molecule has 1 fully saturated rings. The van der Waals surface area contributed by atoms with Gasteiger partial charge in [0, 0.05) is 24.3 Å². The summed E-state index contributed by atoms with van der Waals surface area (Å²) >= 11 is 0. The minimum atomic E-state index is -0.817. The van der Waals surface area contributed by atoms with E-state index in [1.807, 2.05) is 12.1 Å². The Balaban J connectivity index is 2.19. The van der Waals surface area contributed by atoms with Crippen molar-refractivity contribution in [1.82, 2.24) is 9.88 Å². The second-order valence-electron chi connectivity index (χ2n) is 5.45. The minimum absolute atomic E-state index is 0.456. The Hall–Kier alpha value is -1.13. The maximum absolute atomic E-state index is 10.9. The molecule has 18 heavy (non-hydrogen) atoms. The molecule has 0 amide bonds. The molecule has 4 heteroatoms. The van der Waals surface area contributed by atoms with E-state index in [1.54, 1.807) is 6.20 Å². The highest BCUT2D eigenvalue weighted by Crippen LogP contribution is 2.35. The molecule has 2 heterocycles. The molecule has 3 N–H and O–H groups in total. The molecule has 100 valence electrons. The summed E-state index contributed by atoms with van der Waals surface area (Å²) in [5, 5.41) is 10.9. The lowest BCUT2D eigenvalue weighted by Crippen LogP contribution is -2.33. The summed E-state index contributed by atoms with van der Waals surface area (Å²) in [4.78, 5) is 6.50. The fraction of sp³-hybridized carbons (Fsp3) is 0.643. The van der Waals surface area contributed by atoms with E-state index < -0.39 is 5.60 Å². The molecule has 0 radical (unpaired) electrons. The van der Waals surface area contributed by atoms with Crippen molar-refractivity contribution >= 4 is 5.82 Å². The van der Waals surface area contributed by atoms with E-state index in [0.717, 1.165) is 37.9 Å². The zero-order valence-electron chi connectivity index (χ0n) is 11.3. The molecule has 1 aliphatic rings. The summed E-state index contributed by atoms with van der Waals surface area (Å²) in [6.45, 7) is 6.34. The molecule has 2 rings (SSSR count). The van der Waals surface area contributed by atoms with Crippen LogP contribution in [0.25, 0.3) is 0 Å². The van der Waals surface area contributed by atoms with Gasteiger partial charge in [-0.15, -0.1) is 0 Å². The van der Waals surface area contributed by atoms with Crippen molar-refractivity contribution in [2.75, 3.05) is 18.8 Å². The molecule has 0 saturated carbocycles. The zero-order chi connectivity index (χ0) is 13.2. The lowest BCUT2D eigenvalue weighted by molar-refractivity contribution is 0.0209. The van der Waals surface area contributed by atoms with Crippen LogP contribution in [-0.2, 0) is 5.60 Å².